The van der Waals surface area contributed by atoms with Gasteiger partial charge in [0.15, 0.2) is 5.54 Å². The topological polar surface area (TPSA) is 55.1 Å². The van der Waals surface area contributed by atoms with Gasteiger partial charge in [-0.3, -0.25) is 4.68 Å². The Hall–Kier alpha value is -1.32. The predicted molar refractivity (Wildman–Crippen MR) is 67.3 cm³/mol. The van der Waals surface area contributed by atoms with Gasteiger partial charge in [-0.05, 0) is 39.2 Å². The van der Waals surface area contributed by atoms with E-state index >= 15 is 0 Å². The van der Waals surface area contributed by atoms with Gasteiger partial charge >= 0.3 is 5.97 Å². The van der Waals surface area contributed by atoms with Crippen LogP contribution in [0.3, 0.4) is 0 Å². The molecule has 1 aromatic rings. The third kappa shape index (κ3) is 2.21. The number of aromatic nitrogens is 2. The Bertz CT molecular complexity index is 423. The molecule has 0 bridgehead atoms. The number of carbonyl (C=O) groups is 1. The van der Waals surface area contributed by atoms with Crippen molar-refractivity contribution in [3.05, 3.63) is 17.0 Å². The number of aliphatic carboxylic acids is 1. The van der Waals surface area contributed by atoms with Crippen molar-refractivity contribution in [1.29, 1.82) is 0 Å². The van der Waals surface area contributed by atoms with Crippen LogP contribution in [0.5, 0.6) is 0 Å². The van der Waals surface area contributed by atoms with Crippen LogP contribution in [0.4, 0.5) is 0 Å². The van der Waals surface area contributed by atoms with Crippen LogP contribution in [0.15, 0.2) is 0 Å². The number of hydrogen-bond donors (Lipinski definition) is 1. The molecule has 17 heavy (non-hydrogen) atoms. The van der Waals surface area contributed by atoms with Crippen LogP contribution >= 0.6 is 0 Å². The molecular formula is C13H22N2O2. The average Bonchev–Trinajstić information content (AvgIpc) is 2.54. The Morgan fingerprint density at radius 3 is 2.35 bits per heavy atom. The van der Waals surface area contributed by atoms with Gasteiger partial charge in [0.1, 0.15) is 0 Å². The SMILES string of the molecule is CCCC(C)(C(=O)O)n1nc(C)c(CC)c1C. The van der Waals surface area contributed by atoms with Crippen LogP contribution in [0.25, 0.3) is 0 Å². The molecule has 1 atom stereocenters. The number of nitrogens with zero attached hydrogens (tertiary/aromatic N) is 2. The van der Waals surface area contributed by atoms with Crippen molar-refractivity contribution in [3.63, 3.8) is 0 Å². The lowest BCUT2D eigenvalue weighted by Gasteiger charge is -2.26. The third-order valence-corrected chi connectivity index (χ3v) is 3.46. The lowest BCUT2D eigenvalue weighted by atomic mass is 9.96. The normalized spacial score (nSPS) is 14.6. The second-order valence-electron chi connectivity index (χ2n) is 4.74. The Morgan fingerprint density at radius 2 is 2.00 bits per heavy atom. The number of aryl methyl sites for hydroxylation is 1. The maximum atomic E-state index is 11.5. The van der Waals surface area contributed by atoms with Crippen molar-refractivity contribution in [2.75, 3.05) is 0 Å². The molecular weight excluding hydrogens is 216 g/mol. The van der Waals surface area contributed by atoms with E-state index in [1.807, 2.05) is 20.8 Å². The molecule has 0 radical (unpaired) electrons. The molecule has 1 N–H and O–H groups in total. The molecule has 1 aromatic heterocycles. The van der Waals surface area contributed by atoms with Gasteiger partial charge in [0.2, 0.25) is 0 Å². The molecule has 0 saturated heterocycles. The van der Waals surface area contributed by atoms with Crippen molar-refractivity contribution in [2.45, 2.75) is 59.4 Å². The molecule has 0 spiro atoms. The molecule has 1 unspecified atom stereocenters. The molecule has 0 aromatic carbocycles. The zero-order chi connectivity index (χ0) is 13.2. The van der Waals surface area contributed by atoms with E-state index in [1.54, 1.807) is 11.6 Å². The number of carboxylic acid groups (broad SMARTS) is 1. The van der Waals surface area contributed by atoms with E-state index in [0.29, 0.717) is 6.42 Å². The standard InChI is InChI=1S/C13H22N2O2/c1-6-8-13(5,12(16)17)15-10(4)11(7-2)9(3)14-15/h6-8H2,1-5H3,(H,16,17). The van der Waals surface area contributed by atoms with Gasteiger partial charge in [-0.2, -0.15) is 5.10 Å². The van der Waals surface area contributed by atoms with Gasteiger partial charge in [0.25, 0.3) is 0 Å². The van der Waals surface area contributed by atoms with Crippen LogP contribution in [0.1, 0.15) is 50.6 Å². The van der Waals surface area contributed by atoms with E-state index in [2.05, 4.69) is 12.0 Å². The summed E-state index contributed by atoms with van der Waals surface area (Å²) in [6, 6.07) is 0. The summed E-state index contributed by atoms with van der Waals surface area (Å²) in [5.74, 6) is -0.812. The molecule has 0 aliphatic carbocycles. The molecule has 1 rings (SSSR count). The minimum absolute atomic E-state index is 0.591. The first-order chi connectivity index (χ1) is 7.88. The largest absolute Gasteiger partial charge is 0.479 e. The minimum Gasteiger partial charge on any atom is -0.479 e. The Kier molecular flexibility index (Phi) is 3.96. The summed E-state index contributed by atoms with van der Waals surface area (Å²) < 4.78 is 1.69. The van der Waals surface area contributed by atoms with Crippen LogP contribution in [-0.2, 0) is 16.8 Å². The van der Waals surface area contributed by atoms with Crippen molar-refractivity contribution < 1.29 is 9.90 Å². The first kappa shape index (κ1) is 13.7. The number of hydrogen-bond acceptors (Lipinski definition) is 2. The highest BCUT2D eigenvalue weighted by Crippen LogP contribution is 2.27. The van der Waals surface area contributed by atoms with Gasteiger partial charge < -0.3 is 5.11 Å². The van der Waals surface area contributed by atoms with Gasteiger partial charge in [0.05, 0.1) is 5.69 Å². The quantitative estimate of drug-likeness (QED) is 0.858. The predicted octanol–water partition coefficient (Wildman–Crippen LogP) is 2.66. The van der Waals surface area contributed by atoms with E-state index in [0.717, 1.165) is 29.8 Å². The van der Waals surface area contributed by atoms with Crippen molar-refractivity contribution in [3.8, 4) is 0 Å². The van der Waals surface area contributed by atoms with E-state index < -0.39 is 11.5 Å². The Morgan fingerprint density at radius 1 is 1.41 bits per heavy atom. The molecule has 0 amide bonds. The average molecular weight is 238 g/mol. The van der Waals surface area contributed by atoms with Gasteiger partial charge in [-0.25, -0.2) is 4.79 Å². The van der Waals surface area contributed by atoms with Crippen molar-refractivity contribution >= 4 is 5.97 Å². The third-order valence-electron chi connectivity index (χ3n) is 3.46. The molecule has 96 valence electrons. The lowest BCUT2D eigenvalue weighted by Crippen LogP contribution is -2.40. The van der Waals surface area contributed by atoms with Crippen molar-refractivity contribution in [1.82, 2.24) is 9.78 Å². The fourth-order valence-corrected chi connectivity index (χ4v) is 2.46. The maximum absolute atomic E-state index is 11.5. The molecule has 0 saturated carbocycles. The Labute approximate surface area is 103 Å². The van der Waals surface area contributed by atoms with Crippen LogP contribution < -0.4 is 0 Å². The minimum atomic E-state index is -0.934. The summed E-state index contributed by atoms with van der Waals surface area (Å²) >= 11 is 0. The molecule has 0 aliphatic heterocycles. The first-order valence-electron chi connectivity index (χ1n) is 6.17. The van der Waals surface area contributed by atoms with E-state index in [1.165, 1.54) is 0 Å². The summed E-state index contributed by atoms with van der Waals surface area (Å²) in [4.78, 5) is 11.5. The van der Waals surface area contributed by atoms with E-state index in [9.17, 15) is 9.90 Å². The molecule has 1 heterocycles. The highest BCUT2D eigenvalue weighted by molar-refractivity contribution is 5.76. The molecule has 0 aliphatic rings. The van der Waals surface area contributed by atoms with Crippen molar-refractivity contribution in [2.24, 2.45) is 0 Å². The Balaban J connectivity index is 3.34. The number of rotatable bonds is 5. The van der Waals surface area contributed by atoms with Gasteiger partial charge in [-0.1, -0.05) is 20.3 Å². The second kappa shape index (κ2) is 4.90. The first-order valence-corrected chi connectivity index (χ1v) is 6.17. The van der Waals surface area contributed by atoms with Gasteiger partial charge in [0, 0.05) is 5.69 Å². The maximum Gasteiger partial charge on any atom is 0.331 e. The molecule has 4 nitrogen and oxygen atoms in total. The zero-order valence-electron chi connectivity index (χ0n) is 11.4. The smallest absolute Gasteiger partial charge is 0.331 e. The molecule has 4 heteroatoms. The van der Waals surface area contributed by atoms with Crippen LogP contribution in [0.2, 0.25) is 0 Å². The fraction of sp³-hybridized carbons (Fsp3) is 0.692. The van der Waals surface area contributed by atoms with E-state index in [4.69, 9.17) is 0 Å². The van der Waals surface area contributed by atoms with Crippen LogP contribution in [0, 0.1) is 13.8 Å². The summed E-state index contributed by atoms with van der Waals surface area (Å²) in [5.41, 5.74) is 2.14. The second-order valence-corrected chi connectivity index (χ2v) is 4.74. The van der Waals surface area contributed by atoms with Crippen LogP contribution in [-0.4, -0.2) is 20.9 Å². The highest BCUT2D eigenvalue weighted by atomic mass is 16.4. The van der Waals surface area contributed by atoms with E-state index in [-0.39, 0.29) is 0 Å². The summed E-state index contributed by atoms with van der Waals surface area (Å²) in [6.45, 7) is 9.71. The summed E-state index contributed by atoms with van der Waals surface area (Å²) in [7, 11) is 0. The summed E-state index contributed by atoms with van der Waals surface area (Å²) in [5, 5.41) is 13.9. The lowest BCUT2D eigenvalue weighted by molar-refractivity contribution is -0.147. The fourth-order valence-electron chi connectivity index (χ4n) is 2.46. The zero-order valence-corrected chi connectivity index (χ0v) is 11.4. The number of carboxylic acids is 1. The van der Waals surface area contributed by atoms with Gasteiger partial charge in [-0.15, -0.1) is 0 Å². The molecule has 0 fully saturated rings. The highest BCUT2D eigenvalue weighted by Gasteiger charge is 2.37. The monoisotopic (exact) mass is 238 g/mol. The summed E-state index contributed by atoms with van der Waals surface area (Å²) in [6.07, 6.45) is 2.30.